The Morgan fingerprint density at radius 3 is 0.773 bits per heavy atom. The average Bonchev–Trinajstić information content (AvgIpc) is 3.52. The maximum Gasteiger partial charge on any atom is 0.472 e. The van der Waals surface area contributed by atoms with Gasteiger partial charge in [-0.15, -0.1) is 0 Å². The summed E-state index contributed by atoms with van der Waals surface area (Å²) in [5.74, 6) is 0.0779. The van der Waals surface area contributed by atoms with Crippen molar-refractivity contribution in [1.29, 1.82) is 0 Å². The smallest absolute Gasteiger partial charge is 0.462 e. The van der Waals surface area contributed by atoms with Crippen molar-refractivity contribution >= 4 is 39.5 Å². The summed E-state index contributed by atoms with van der Waals surface area (Å²) in [6, 6.07) is 0. The normalized spacial score (nSPS) is 14.2. The third-order valence-corrected chi connectivity index (χ3v) is 17.8. The molecule has 0 bridgehead atoms. The zero-order chi connectivity index (χ0) is 65.2. The topological polar surface area (TPSA) is 237 Å². The maximum atomic E-state index is 13.0. The molecule has 0 radical (unpaired) electrons. The van der Waals surface area contributed by atoms with Crippen LogP contribution in [0.25, 0.3) is 0 Å². The predicted octanol–water partition coefficient (Wildman–Crippen LogP) is 19.5. The molecule has 17 nitrogen and oxygen atoms in total. The lowest BCUT2D eigenvalue weighted by molar-refractivity contribution is -0.161. The summed E-state index contributed by atoms with van der Waals surface area (Å²) in [7, 11) is -9.89. The van der Waals surface area contributed by atoms with Crippen molar-refractivity contribution in [3.05, 3.63) is 0 Å². The minimum absolute atomic E-state index is 0.101. The SMILES string of the molecule is CCCCCCCCCC(=O)OC[C@H](COP(=O)(O)OC[C@H](O)COP(=O)(O)OC[C@@H](COC(=O)CCCCCCCCCCC(C)C)OC(=O)CCCCCCCCCCCCCCCCCCCCC(C)C)OC(=O)CCCCCCCCC(C)C. The number of hydrogen-bond donors (Lipinski definition) is 3. The zero-order valence-electron chi connectivity index (χ0n) is 57.2. The Balaban J connectivity index is 5.12. The lowest BCUT2D eigenvalue weighted by Crippen LogP contribution is -2.30. The Kier molecular flexibility index (Phi) is 58.7. The van der Waals surface area contributed by atoms with Crippen LogP contribution in [-0.2, 0) is 65.4 Å². The lowest BCUT2D eigenvalue weighted by atomic mass is 10.0. The molecule has 0 aliphatic carbocycles. The van der Waals surface area contributed by atoms with Crippen LogP contribution in [0.1, 0.15) is 344 Å². The van der Waals surface area contributed by atoms with E-state index in [1.54, 1.807) is 0 Å². The van der Waals surface area contributed by atoms with Crippen molar-refractivity contribution in [3.8, 4) is 0 Å². The first-order chi connectivity index (χ1) is 42.2. The highest BCUT2D eigenvalue weighted by Crippen LogP contribution is 2.45. The van der Waals surface area contributed by atoms with E-state index >= 15 is 0 Å². The van der Waals surface area contributed by atoms with Gasteiger partial charge in [-0.2, -0.15) is 0 Å². The van der Waals surface area contributed by atoms with E-state index in [1.165, 1.54) is 141 Å². The molecule has 0 aromatic rings. The quantitative estimate of drug-likeness (QED) is 0.0222. The van der Waals surface area contributed by atoms with E-state index in [0.29, 0.717) is 31.6 Å². The highest BCUT2D eigenvalue weighted by atomic mass is 31.2. The van der Waals surface area contributed by atoms with E-state index in [1.807, 2.05) is 0 Å². The van der Waals surface area contributed by atoms with Gasteiger partial charge in [-0.3, -0.25) is 37.3 Å². The van der Waals surface area contributed by atoms with Gasteiger partial charge in [0.2, 0.25) is 0 Å². The second kappa shape index (κ2) is 60.0. The number of phosphoric ester groups is 2. The predicted molar refractivity (Wildman–Crippen MR) is 354 cm³/mol. The molecule has 0 rings (SSSR count). The number of aliphatic hydroxyl groups is 1. The van der Waals surface area contributed by atoms with Gasteiger partial charge in [-0.25, -0.2) is 9.13 Å². The minimum atomic E-state index is -4.95. The highest BCUT2D eigenvalue weighted by Gasteiger charge is 2.30. The number of unbranched alkanes of at least 4 members (excludes halogenated alkanes) is 35. The van der Waals surface area contributed by atoms with Crippen LogP contribution in [0.5, 0.6) is 0 Å². The molecule has 88 heavy (non-hydrogen) atoms. The standard InChI is InChI=1S/C69H134O17P2/c1-8-9-10-11-26-36-43-50-66(71)79-56-65(86-69(74)53-46-39-32-31-35-42-49-62(6)7)59-84-88(77,78)82-55-63(70)54-81-87(75,76)83-58-64(57-80-67(72)51-44-37-29-25-24-28-34-41-48-61(4)5)85-68(73)52-45-38-30-23-21-19-17-15-13-12-14-16-18-20-22-27-33-40-47-60(2)3/h60-65,70H,8-59H2,1-7H3,(H,75,76)(H,77,78)/t63-,64-,65-/m1/s1. The van der Waals surface area contributed by atoms with Gasteiger partial charge >= 0.3 is 39.5 Å². The summed E-state index contributed by atoms with van der Waals surface area (Å²) >= 11 is 0. The van der Waals surface area contributed by atoms with E-state index in [4.69, 9.17) is 37.0 Å². The van der Waals surface area contributed by atoms with Crippen LogP contribution in [0.4, 0.5) is 0 Å². The van der Waals surface area contributed by atoms with E-state index in [-0.39, 0.29) is 25.7 Å². The van der Waals surface area contributed by atoms with Crippen molar-refractivity contribution in [1.82, 2.24) is 0 Å². The molecule has 0 aliphatic rings. The van der Waals surface area contributed by atoms with Crippen LogP contribution >= 0.6 is 15.6 Å². The molecule has 2 unspecified atom stereocenters. The summed E-state index contributed by atoms with van der Waals surface area (Å²) in [6.45, 7) is 11.7. The molecule has 3 N–H and O–H groups in total. The first-order valence-electron chi connectivity index (χ1n) is 35.8. The zero-order valence-corrected chi connectivity index (χ0v) is 59.0. The van der Waals surface area contributed by atoms with E-state index in [0.717, 1.165) is 115 Å². The third-order valence-electron chi connectivity index (χ3n) is 15.9. The van der Waals surface area contributed by atoms with Crippen molar-refractivity contribution in [2.75, 3.05) is 39.6 Å². The van der Waals surface area contributed by atoms with Crippen molar-refractivity contribution in [2.24, 2.45) is 17.8 Å². The second-order valence-corrected chi connectivity index (χ2v) is 29.3. The summed E-state index contributed by atoms with van der Waals surface area (Å²) in [6.07, 6.45) is 43.6. The average molecular weight is 1300 g/mol. The van der Waals surface area contributed by atoms with Gasteiger partial charge in [0, 0.05) is 25.7 Å². The molecule has 5 atom stereocenters. The first kappa shape index (κ1) is 86.1. The van der Waals surface area contributed by atoms with Crippen LogP contribution in [0.2, 0.25) is 0 Å². The number of aliphatic hydroxyl groups excluding tert-OH is 1. The highest BCUT2D eigenvalue weighted by molar-refractivity contribution is 7.47. The van der Waals surface area contributed by atoms with Crippen LogP contribution < -0.4 is 0 Å². The Morgan fingerprint density at radius 1 is 0.307 bits per heavy atom. The number of carbonyl (C=O) groups excluding carboxylic acids is 4. The minimum Gasteiger partial charge on any atom is -0.462 e. The fourth-order valence-corrected chi connectivity index (χ4v) is 11.9. The molecule has 0 amide bonds. The van der Waals surface area contributed by atoms with Crippen LogP contribution in [0.3, 0.4) is 0 Å². The summed E-state index contributed by atoms with van der Waals surface area (Å²) < 4.78 is 68.0. The van der Waals surface area contributed by atoms with Gasteiger partial charge in [0.1, 0.15) is 19.3 Å². The summed E-state index contributed by atoms with van der Waals surface area (Å²) in [5, 5.41) is 10.5. The largest absolute Gasteiger partial charge is 0.472 e. The molecule has 522 valence electrons. The Bertz CT molecular complexity index is 1730. The number of phosphoric acid groups is 2. The molecular formula is C69H134O17P2. The van der Waals surface area contributed by atoms with Crippen LogP contribution in [-0.4, -0.2) is 96.7 Å². The fourth-order valence-electron chi connectivity index (χ4n) is 10.4. The number of ether oxygens (including phenoxy) is 4. The monoisotopic (exact) mass is 1300 g/mol. The van der Waals surface area contributed by atoms with Crippen LogP contribution in [0.15, 0.2) is 0 Å². The van der Waals surface area contributed by atoms with E-state index in [2.05, 4.69) is 48.5 Å². The molecular weight excluding hydrogens is 1160 g/mol. The number of rotatable bonds is 67. The molecule has 19 heteroatoms. The third kappa shape index (κ3) is 62.8. The Labute approximate surface area is 537 Å². The number of hydrogen-bond acceptors (Lipinski definition) is 15. The first-order valence-corrected chi connectivity index (χ1v) is 38.8. The molecule has 0 heterocycles. The molecule has 0 spiro atoms. The molecule has 0 aliphatic heterocycles. The molecule has 0 aromatic carbocycles. The maximum absolute atomic E-state index is 13.0. The second-order valence-electron chi connectivity index (χ2n) is 26.3. The summed E-state index contributed by atoms with van der Waals surface area (Å²) in [5.41, 5.74) is 0. The van der Waals surface area contributed by atoms with Crippen LogP contribution in [0, 0.1) is 17.8 Å². The van der Waals surface area contributed by atoms with Gasteiger partial charge < -0.3 is 33.8 Å². The van der Waals surface area contributed by atoms with Gasteiger partial charge in [0.05, 0.1) is 26.4 Å². The molecule has 0 aromatic heterocycles. The lowest BCUT2D eigenvalue weighted by Gasteiger charge is -2.21. The Morgan fingerprint density at radius 2 is 0.523 bits per heavy atom. The van der Waals surface area contributed by atoms with Crippen molar-refractivity contribution in [2.45, 2.75) is 362 Å². The molecule has 0 saturated carbocycles. The van der Waals surface area contributed by atoms with Crippen molar-refractivity contribution in [3.63, 3.8) is 0 Å². The summed E-state index contributed by atoms with van der Waals surface area (Å²) in [4.78, 5) is 72.2. The van der Waals surface area contributed by atoms with E-state index in [9.17, 15) is 43.2 Å². The fraction of sp³-hybridized carbons (Fsp3) is 0.942. The Hall–Kier alpha value is -1.94. The van der Waals surface area contributed by atoms with Gasteiger partial charge in [0.15, 0.2) is 12.2 Å². The molecule has 0 fully saturated rings. The molecule has 0 saturated heterocycles. The number of carbonyl (C=O) groups is 4. The van der Waals surface area contributed by atoms with Gasteiger partial charge in [-0.1, -0.05) is 292 Å². The van der Waals surface area contributed by atoms with Gasteiger partial charge in [-0.05, 0) is 43.4 Å². The number of esters is 4. The van der Waals surface area contributed by atoms with E-state index < -0.39 is 97.5 Å². The van der Waals surface area contributed by atoms with Gasteiger partial charge in [0.25, 0.3) is 0 Å². The van der Waals surface area contributed by atoms with Crippen molar-refractivity contribution < 1.29 is 80.2 Å².